The second kappa shape index (κ2) is 6.58. The molecule has 0 radical (unpaired) electrons. The molecule has 2 unspecified atom stereocenters. The molecule has 3 heterocycles. The Morgan fingerprint density at radius 1 is 1.38 bits per heavy atom. The van der Waals surface area contributed by atoms with Crippen LogP contribution in [0.1, 0.15) is 25.7 Å². The van der Waals surface area contributed by atoms with E-state index in [1.54, 1.807) is 6.33 Å². The lowest BCUT2D eigenvalue weighted by Crippen LogP contribution is -2.54. The van der Waals surface area contributed by atoms with Gasteiger partial charge >= 0.3 is 0 Å². The van der Waals surface area contributed by atoms with E-state index in [1.807, 2.05) is 23.7 Å². The standard InChI is InChI=1S/C16H22N6OS/c1-21(16-14-15(18-9-17-14)19-10-20-16)8-13(23)22-6-7-24-12-5-3-2-4-11(12)22/h9-12H,2-8H2,1H3,(H,17,18,19,20). The molecule has 0 bridgehead atoms. The number of aromatic nitrogens is 4. The minimum atomic E-state index is 0.195. The highest BCUT2D eigenvalue weighted by molar-refractivity contribution is 8.00. The fourth-order valence-corrected chi connectivity index (χ4v) is 5.26. The summed E-state index contributed by atoms with van der Waals surface area (Å²) in [6.45, 7) is 1.20. The predicted molar refractivity (Wildman–Crippen MR) is 95.2 cm³/mol. The van der Waals surface area contributed by atoms with Crippen LogP contribution in [-0.4, -0.2) is 67.9 Å². The number of likely N-dealkylation sites (N-methyl/N-ethyl adjacent to an activating group) is 1. The van der Waals surface area contributed by atoms with Gasteiger partial charge < -0.3 is 14.8 Å². The molecule has 1 aliphatic carbocycles. The topological polar surface area (TPSA) is 78.0 Å². The minimum absolute atomic E-state index is 0.195. The quantitative estimate of drug-likeness (QED) is 0.911. The summed E-state index contributed by atoms with van der Waals surface area (Å²) in [6, 6.07) is 0.413. The molecule has 2 aliphatic rings. The normalized spacial score (nSPS) is 24.0. The van der Waals surface area contributed by atoms with Gasteiger partial charge in [-0.2, -0.15) is 11.8 Å². The number of rotatable bonds is 3. The lowest BCUT2D eigenvalue weighted by Gasteiger charge is -2.44. The fourth-order valence-electron chi connectivity index (χ4n) is 3.82. The number of anilines is 1. The third kappa shape index (κ3) is 2.83. The predicted octanol–water partition coefficient (Wildman–Crippen LogP) is 1.68. The van der Waals surface area contributed by atoms with Gasteiger partial charge in [-0.25, -0.2) is 15.0 Å². The van der Waals surface area contributed by atoms with E-state index in [1.165, 1.54) is 25.6 Å². The number of carbonyl (C=O) groups excluding carboxylic acids is 1. The van der Waals surface area contributed by atoms with Gasteiger partial charge in [0, 0.05) is 30.6 Å². The Morgan fingerprint density at radius 3 is 3.17 bits per heavy atom. The number of imidazole rings is 1. The zero-order chi connectivity index (χ0) is 16.5. The number of thioether (sulfide) groups is 1. The number of fused-ring (bicyclic) bond motifs is 2. The molecule has 2 aromatic heterocycles. The highest BCUT2D eigenvalue weighted by Gasteiger charge is 2.36. The summed E-state index contributed by atoms with van der Waals surface area (Å²) in [6.07, 6.45) is 8.03. The van der Waals surface area contributed by atoms with Gasteiger partial charge in [-0.05, 0) is 12.8 Å². The number of hydrogen-bond donors (Lipinski definition) is 1. The van der Waals surface area contributed by atoms with Gasteiger partial charge in [0.25, 0.3) is 0 Å². The van der Waals surface area contributed by atoms with Crippen molar-refractivity contribution in [2.45, 2.75) is 37.0 Å². The summed E-state index contributed by atoms with van der Waals surface area (Å²) in [7, 11) is 1.90. The summed E-state index contributed by atoms with van der Waals surface area (Å²) in [4.78, 5) is 32.6. The molecule has 2 fully saturated rings. The summed E-state index contributed by atoms with van der Waals surface area (Å²) in [5.74, 6) is 1.97. The number of hydrogen-bond acceptors (Lipinski definition) is 6. The number of amides is 1. The first-order valence-electron chi connectivity index (χ1n) is 8.50. The smallest absolute Gasteiger partial charge is 0.242 e. The number of aromatic amines is 1. The summed E-state index contributed by atoms with van der Waals surface area (Å²) in [5.41, 5.74) is 1.40. The highest BCUT2D eigenvalue weighted by Crippen LogP contribution is 2.35. The maximum atomic E-state index is 12.9. The molecule has 0 aromatic carbocycles. The van der Waals surface area contributed by atoms with Crippen molar-refractivity contribution in [2.75, 3.05) is 30.8 Å². The first-order valence-corrected chi connectivity index (χ1v) is 9.55. The van der Waals surface area contributed by atoms with Gasteiger partial charge in [-0.15, -0.1) is 0 Å². The van der Waals surface area contributed by atoms with Crippen LogP contribution in [0.15, 0.2) is 12.7 Å². The molecule has 1 N–H and O–H groups in total. The Morgan fingerprint density at radius 2 is 2.25 bits per heavy atom. The molecule has 128 valence electrons. The van der Waals surface area contributed by atoms with Crippen molar-refractivity contribution in [3.8, 4) is 0 Å². The SMILES string of the molecule is CN(CC(=O)N1CCSC2CCCCC21)c1ncnc2nc[nH]c12. The molecule has 1 amide bonds. The number of nitrogens with zero attached hydrogens (tertiary/aromatic N) is 5. The van der Waals surface area contributed by atoms with E-state index in [2.05, 4.69) is 24.8 Å². The number of carbonyl (C=O) groups is 1. The molecule has 4 rings (SSSR count). The summed E-state index contributed by atoms with van der Waals surface area (Å²) < 4.78 is 0. The Kier molecular flexibility index (Phi) is 4.30. The van der Waals surface area contributed by atoms with Gasteiger partial charge in [0.1, 0.15) is 11.8 Å². The molecule has 8 heteroatoms. The Balaban J connectivity index is 1.50. The molecule has 1 aliphatic heterocycles. The Labute approximate surface area is 145 Å². The van der Waals surface area contributed by atoms with Gasteiger partial charge in [0.05, 0.1) is 12.9 Å². The van der Waals surface area contributed by atoms with Crippen molar-refractivity contribution in [1.29, 1.82) is 0 Å². The third-order valence-electron chi connectivity index (χ3n) is 4.99. The van der Waals surface area contributed by atoms with Crippen LogP contribution in [0.3, 0.4) is 0 Å². The molecule has 24 heavy (non-hydrogen) atoms. The van der Waals surface area contributed by atoms with E-state index in [9.17, 15) is 4.79 Å². The van der Waals surface area contributed by atoms with E-state index < -0.39 is 0 Å². The zero-order valence-electron chi connectivity index (χ0n) is 13.8. The maximum absolute atomic E-state index is 12.9. The van der Waals surface area contributed by atoms with Crippen molar-refractivity contribution in [1.82, 2.24) is 24.8 Å². The highest BCUT2D eigenvalue weighted by atomic mass is 32.2. The van der Waals surface area contributed by atoms with Crippen LogP contribution >= 0.6 is 11.8 Å². The molecule has 2 atom stereocenters. The summed E-state index contributed by atoms with van der Waals surface area (Å²) in [5, 5.41) is 0.625. The molecule has 2 aromatic rings. The van der Waals surface area contributed by atoms with Gasteiger partial charge in [-0.1, -0.05) is 12.8 Å². The molecular weight excluding hydrogens is 324 g/mol. The monoisotopic (exact) mass is 346 g/mol. The largest absolute Gasteiger partial charge is 0.348 e. The van der Waals surface area contributed by atoms with Gasteiger partial charge in [-0.3, -0.25) is 4.79 Å². The Bertz CT molecular complexity index is 732. The Hall–Kier alpha value is -1.83. The summed E-state index contributed by atoms with van der Waals surface area (Å²) >= 11 is 2.05. The van der Waals surface area contributed by atoms with Crippen LogP contribution in [0.5, 0.6) is 0 Å². The minimum Gasteiger partial charge on any atom is -0.348 e. The second-order valence-electron chi connectivity index (χ2n) is 6.50. The van der Waals surface area contributed by atoms with Crippen molar-refractivity contribution in [2.24, 2.45) is 0 Å². The average molecular weight is 346 g/mol. The van der Waals surface area contributed by atoms with Gasteiger partial charge in [0.2, 0.25) is 5.91 Å². The van der Waals surface area contributed by atoms with Gasteiger partial charge in [0.15, 0.2) is 11.5 Å². The van der Waals surface area contributed by atoms with Crippen molar-refractivity contribution >= 4 is 34.7 Å². The van der Waals surface area contributed by atoms with Crippen molar-refractivity contribution in [3.05, 3.63) is 12.7 Å². The first kappa shape index (κ1) is 15.7. The molecule has 7 nitrogen and oxygen atoms in total. The van der Waals surface area contributed by atoms with E-state index >= 15 is 0 Å². The molecule has 1 saturated heterocycles. The van der Waals surface area contributed by atoms with Crippen molar-refractivity contribution in [3.63, 3.8) is 0 Å². The van der Waals surface area contributed by atoms with Crippen LogP contribution in [0, 0.1) is 0 Å². The van der Waals surface area contributed by atoms with E-state index in [4.69, 9.17) is 0 Å². The van der Waals surface area contributed by atoms with E-state index in [0.29, 0.717) is 23.5 Å². The maximum Gasteiger partial charge on any atom is 0.242 e. The zero-order valence-corrected chi connectivity index (χ0v) is 14.6. The van der Waals surface area contributed by atoms with Crippen LogP contribution in [0.2, 0.25) is 0 Å². The van der Waals surface area contributed by atoms with Crippen LogP contribution in [-0.2, 0) is 4.79 Å². The van der Waals surface area contributed by atoms with E-state index in [0.717, 1.165) is 30.1 Å². The average Bonchev–Trinajstić information content (AvgIpc) is 3.09. The molecular formula is C16H22N6OS. The fraction of sp³-hybridized carbons (Fsp3) is 0.625. The second-order valence-corrected chi connectivity index (χ2v) is 7.85. The van der Waals surface area contributed by atoms with Crippen LogP contribution < -0.4 is 4.90 Å². The number of nitrogens with one attached hydrogen (secondary N) is 1. The van der Waals surface area contributed by atoms with Crippen LogP contribution in [0.4, 0.5) is 5.82 Å². The molecule has 0 spiro atoms. The molecule has 1 saturated carbocycles. The first-order chi connectivity index (χ1) is 11.7. The lowest BCUT2D eigenvalue weighted by atomic mass is 9.93. The lowest BCUT2D eigenvalue weighted by molar-refractivity contribution is -0.132. The van der Waals surface area contributed by atoms with Crippen LogP contribution in [0.25, 0.3) is 11.2 Å². The van der Waals surface area contributed by atoms with Crippen molar-refractivity contribution < 1.29 is 4.79 Å². The third-order valence-corrected chi connectivity index (χ3v) is 6.39. The van der Waals surface area contributed by atoms with E-state index in [-0.39, 0.29) is 5.91 Å². The number of H-pyrrole nitrogens is 1.